The molecule has 1 aliphatic carbocycles. The monoisotopic (exact) mass is 259 g/mol. The average molecular weight is 260 g/mol. The fourth-order valence-electron chi connectivity index (χ4n) is 2.42. The molecule has 1 aromatic rings. The SMILES string of the molecule is CCN(Cc1nnc(Cl)s1)C1CCCCC1. The van der Waals surface area contributed by atoms with Gasteiger partial charge < -0.3 is 0 Å². The molecule has 0 saturated heterocycles. The summed E-state index contributed by atoms with van der Waals surface area (Å²) in [6.45, 7) is 4.21. The molecule has 0 unspecified atom stereocenters. The highest BCUT2D eigenvalue weighted by atomic mass is 35.5. The summed E-state index contributed by atoms with van der Waals surface area (Å²) in [5.41, 5.74) is 0. The molecule has 0 aromatic carbocycles. The van der Waals surface area contributed by atoms with Crippen LogP contribution in [0.25, 0.3) is 0 Å². The van der Waals surface area contributed by atoms with Gasteiger partial charge in [0.2, 0.25) is 4.47 Å². The van der Waals surface area contributed by atoms with Gasteiger partial charge in [0.15, 0.2) is 0 Å². The Kier molecular flexibility index (Phi) is 4.55. The number of aromatic nitrogens is 2. The topological polar surface area (TPSA) is 29.0 Å². The minimum absolute atomic E-state index is 0.551. The molecule has 0 N–H and O–H groups in total. The normalized spacial score (nSPS) is 18.2. The molecule has 5 heteroatoms. The highest BCUT2D eigenvalue weighted by molar-refractivity contribution is 7.15. The molecular weight excluding hydrogens is 242 g/mol. The van der Waals surface area contributed by atoms with Crippen molar-refractivity contribution in [3.8, 4) is 0 Å². The maximum Gasteiger partial charge on any atom is 0.207 e. The van der Waals surface area contributed by atoms with Crippen LogP contribution >= 0.6 is 22.9 Å². The Bertz CT molecular complexity index is 323. The molecule has 0 bridgehead atoms. The summed E-state index contributed by atoms with van der Waals surface area (Å²) >= 11 is 7.30. The summed E-state index contributed by atoms with van der Waals surface area (Å²) in [5.74, 6) is 0. The minimum Gasteiger partial charge on any atom is -0.294 e. The summed E-state index contributed by atoms with van der Waals surface area (Å²) in [6, 6.07) is 0.737. The van der Waals surface area contributed by atoms with Crippen molar-refractivity contribution in [2.75, 3.05) is 6.54 Å². The van der Waals surface area contributed by atoms with E-state index in [1.807, 2.05) is 0 Å². The van der Waals surface area contributed by atoms with E-state index in [-0.39, 0.29) is 0 Å². The molecule has 0 spiro atoms. The van der Waals surface area contributed by atoms with Crippen LogP contribution in [0.3, 0.4) is 0 Å². The number of nitrogens with zero attached hydrogens (tertiary/aromatic N) is 3. The van der Waals surface area contributed by atoms with Crippen molar-refractivity contribution in [1.29, 1.82) is 0 Å². The molecule has 2 rings (SSSR count). The molecule has 1 fully saturated rings. The Morgan fingerprint density at radius 2 is 2.06 bits per heavy atom. The van der Waals surface area contributed by atoms with Crippen molar-refractivity contribution in [3.05, 3.63) is 9.47 Å². The van der Waals surface area contributed by atoms with Gasteiger partial charge in [0.25, 0.3) is 0 Å². The predicted octanol–water partition coefficient (Wildman–Crippen LogP) is 3.35. The van der Waals surface area contributed by atoms with Crippen LogP contribution in [-0.4, -0.2) is 27.7 Å². The Morgan fingerprint density at radius 3 is 2.62 bits per heavy atom. The van der Waals surface area contributed by atoms with E-state index in [9.17, 15) is 0 Å². The summed E-state index contributed by atoms with van der Waals surface area (Å²) in [4.78, 5) is 2.51. The first-order chi connectivity index (χ1) is 7.79. The van der Waals surface area contributed by atoms with Crippen LogP contribution in [-0.2, 0) is 6.54 Å². The van der Waals surface area contributed by atoms with Crippen LogP contribution in [0.2, 0.25) is 4.47 Å². The lowest BCUT2D eigenvalue weighted by atomic mass is 9.94. The minimum atomic E-state index is 0.551. The quantitative estimate of drug-likeness (QED) is 0.830. The van der Waals surface area contributed by atoms with Crippen LogP contribution in [0.4, 0.5) is 0 Å². The molecule has 1 aliphatic rings. The van der Waals surface area contributed by atoms with Crippen LogP contribution in [0.1, 0.15) is 44.0 Å². The summed E-state index contributed by atoms with van der Waals surface area (Å²) < 4.78 is 0.551. The largest absolute Gasteiger partial charge is 0.294 e. The fourth-order valence-corrected chi connectivity index (χ4v) is 3.31. The van der Waals surface area contributed by atoms with Crippen molar-refractivity contribution < 1.29 is 0 Å². The maximum atomic E-state index is 5.80. The van der Waals surface area contributed by atoms with Crippen LogP contribution < -0.4 is 0 Å². The highest BCUT2D eigenvalue weighted by Crippen LogP contribution is 2.25. The molecule has 0 aliphatic heterocycles. The van der Waals surface area contributed by atoms with Gasteiger partial charge in [-0.15, -0.1) is 10.2 Å². The van der Waals surface area contributed by atoms with E-state index in [4.69, 9.17) is 11.6 Å². The van der Waals surface area contributed by atoms with E-state index in [1.165, 1.54) is 43.4 Å². The lowest BCUT2D eigenvalue weighted by Gasteiger charge is -2.32. The molecule has 16 heavy (non-hydrogen) atoms. The smallest absolute Gasteiger partial charge is 0.207 e. The third-order valence-corrected chi connectivity index (χ3v) is 4.28. The first-order valence-corrected chi connectivity index (χ1v) is 7.21. The van der Waals surface area contributed by atoms with Crippen LogP contribution in [0, 0.1) is 0 Å². The third kappa shape index (κ3) is 3.15. The second-order valence-electron chi connectivity index (χ2n) is 4.30. The van der Waals surface area contributed by atoms with Crippen molar-refractivity contribution >= 4 is 22.9 Å². The zero-order valence-corrected chi connectivity index (χ0v) is 11.2. The van der Waals surface area contributed by atoms with Crippen molar-refractivity contribution in [1.82, 2.24) is 15.1 Å². The molecule has 0 radical (unpaired) electrons. The molecule has 0 amide bonds. The maximum absolute atomic E-state index is 5.80. The lowest BCUT2D eigenvalue weighted by Crippen LogP contribution is -2.36. The molecule has 1 aromatic heterocycles. The number of hydrogen-bond acceptors (Lipinski definition) is 4. The van der Waals surface area contributed by atoms with Crippen LogP contribution in [0.5, 0.6) is 0 Å². The summed E-state index contributed by atoms with van der Waals surface area (Å²) in [6.07, 6.45) is 6.82. The van der Waals surface area contributed by atoms with Gasteiger partial charge in [-0.25, -0.2) is 0 Å². The van der Waals surface area contributed by atoms with E-state index in [2.05, 4.69) is 22.0 Å². The highest BCUT2D eigenvalue weighted by Gasteiger charge is 2.20. The zero-order valence-electron chi connectivity index (χ0n) is 9.65. The van der Waals surface area contributed by atoms with Gasteiger partial charge in [0.05, 0.1) is 6.54 Å². The number of rotatable bonds is 4. The Hall–Kier alpha value is -0.190. The van der Waals surface area contributed by atoms with Gasteiger partial charge in [-0.1, -0.05) is 37.5 Å². The Labute approximate surface area is 106 Å². The summed E-state index contributed by atoms with van der Waals surface area (Å²) in [7, 11) is 0. The second kappa shape index (κ2) is 5.94. The first-order valence-electron chi connectivity index (χ1n) is 6.01. The van der Waals surface area contributed by atoms with E-state index in [0.717, 1.165) is 24.1 Å². The Balaban J connectivity index is 1.94. The second-order valence-corrected chi connectivity index (χ2v) is 5.95. The predicted molar refractivity (Wildman–Crippen MR) is 67.9 cm³/mol. The van der Waals surface area contributed by atoms with Crippen molar-refractivity contribution in [2.45, 2.75) is 51.6 Å². The third-order valence-electron chi connectivity index (χ3n) is 3.28. The van der Waals surface area contributed by atoms with Gasteiger partial charge in [-0.05, 0) is 31.0 Å². The van der Waals surface area contributed by atoms with Gasteiger partial charge in [0.1, 0.15) is 5.01 Å². The molecule has 0 atom stereocenters. The molecule has 1 saturated carbocycles. The van der Waals surface area contributed by atoms with E-state index >= 15 is 0 Å². The van der Waals surface area contributed by atoms with E-state index < -0.39 is 0 Å². The fraction of sp³-hybridized carbons (Fsp3) is 0.818. The van der Waals surface area contributed by atoms with Gasteiger partial charge in [-0.2, -0.15) is 0 Å². The lowest BCUT2D eigenvalue weighted by molar-refractivity contribution is 0.155. The number of hydrogen-bond donors (Lipinski definition) is 0. The van der Waals surface area contributed by atoms with Gasteiger partial charge in [0, 0.05) is 6.04 Å². The molecular formula is C11H18ClN3S. The Morgan fingerprint density at radius 1 is 1.31 bits per heavy atom. The zero-order chi connectivity index (χ0) is 11.4. The first kappa shape index (κ1) is 12.3. The summed E-state index contributed by atoms with van der Waals surface area (Å²) in [5, 5.41) is 8.99. The van der Waals surface area contributed by atoms with Gasteiger partial charge >= 0.3 is 0 Å². The van der Waals surface area contributed by atoms with Crippen molar-refractivity contribution in [3.63, 3.8) is 0 Å². The van der Waals surface area contributed by atoms with E-state index in [0.29, 0.717) is 4.47 Å². The average Bonchev–Trinajstić information content (AvgIpc) is 2.73. The molecule has 90 valence electrons. The molecule has 3 nitrogen and oxygen atoms in total. The number of halogens is 1. The molecule has 1 heterocycles. The van der Waals surface area contributed by atoms with Gasteiger partial charge in [-0.3, -0.25) is 4.90 Å². The standard InChI is InChI=1S/C11H18ClN3S/c1-2-15(9-6-4-3-5-7-9)8-10-13-14-11(12)16-10/h9H,2-8H2,1H3. The van der Waals surface area contributed by atoms with Crippen LogP contribution in [0.15, 0.2) is 0 Å². The van der Waals surface area contributed by atoms with E-state index in [1.54, 1.807) is 0 Å². The van der Waals surface area contributed by atoms with Crippen molar-refractivity contribution in [2.24, 2.45) is 0 Å².